The summed E-state index contributed by atoms with van der Waals surface area (Å²) in [6.45, 7) is 1.68. The Bertz CT molecular complexity index is 1900. The molecule has 1 amide bonds. The van der Waals surface area contributed by atoms with Gasteiger partial charge in [-0.3, -0.25) is 4.79 Å². The number of aryl methyl sites for hydroxylation is 1. The lowest BCUT2D eigenvalue weighted by molar-refractivity contribution is 0.0700. The summed E-state index contributed by atoms with van der Waals surface area (Å²) < 4.78 is 10.4. The first-order valence-electron chi connectivity index (χ1n) is 15.4. The number of aromatic nitrogens is 3. The molecule has 0 spiro atoms. The van der Waals surface area contributed by atoms with Crippen LogP contribution in [0.3, 0.4) is 0 Å². The second kappa shape index (κ2) is 9.96. The molecule has 1 aliphatic heterocycles. The van der Waals surface area contributed by atoms with E-state index < -0.39 is 0 Å². The minimum absolute atomic E-state index is 0.00990. The van der Waals surface area contributed by atoms with E-state index in [1.165, 1.54) is 18.4 Å². The Morgan fingerprint density at radius 2 is 1.88 bits per heavy atom. The van der Waals surface area contributed by atoms with Gasteiger partial charge in [0.15, 0.2) is 5.82 Å². The Kier molecular flexibility index (Phi) is 6.14. The van der Waals surface area contributed by atoms with E-state index in [0.717, 1.165) is 70.6 Å². The highest BCUT2D eigenvalue weighted by molar-refractivity contribution is 6.00. The molecule has 8 nitrogen and oxygen atoms in total. The predicted octanol–water partition coefficient (Wildman–Crippen LogP) is 5.33. The molecule has 2 aliphatic carbocycles. The van der Waals surface area contributed by atoms with Gasteiger partial charge in [0.05, 0.1) is 24.9 Å². The number of benzene rings is 3. The molecule has 43 heavy (non-hydrogen) atoms. The van der Waals surface area contributed by atoms with Crippen molar-refractivity contribution in [1.82, 2.24) is 19.0 Å². The van der Waals surface area contributed by atoms with Crippen LogP contribution in [0.15, 0.2) is 60.7 Å². The third-order valence-corrected chi connectivity index (χ3v) is 10.0. The number of aliphatic hydroxyl groups is 1. The van der Waals surface area contributed by atoms with Crippen molar-refractivity contribution < 1.29 is 14.6 Å². The second-order valence-corrected chi connectivity index (χ2v) is 12.7. The van der Waals surface area contributed by atoms with E-state index >= 15 is 0 Å². The number of amides is 1. The molecule has 2 aromatic heterocycles. The number of imidazole rings is 1. The summed E-state index contributed by atoms with van der Waals surface area (Å²) in [5, 5.41) is 10.8. The lowest BCUT2D eigenvalue weighted by Gasteiger charge is -2.27. The summed E-state index contributed by atoms with van der Waals surface area (Å²) in [7, 11) is 3.68. The third kappa shape index (κ3) is 4.26. The van der Waals surface area contributed by atoms with Gasteiger partial charge in [0, 0.05) is 48.7 Å². The van der Waals surface area contributed by atoms with Crippen LogP contribution >= 0.6 is 0 Å². The molecule has 2 saturated carbocycles. The normalized spacial score (nSPS) is 21.4. The van der Waals surface area contributed by atoms with Gasteiger partial charge < -0.3 is 29.6 Å². The van der Waals surface area contributed by atoms with Crippen LogP contribution in [-0.2, 0) is 20.2 Å². The van der Waals surface area contributed by atoms with Crippen LogP contribution in [0.25, 0.3) is 44.6 Å². The number of aliphatic hydroxyl groups excluding tert-OH is 1. The van der Waals surface area contributed by atoms with Gasteiger partial charge in [0.25, 0.3) is 5.91 Å². The fourth-order valence-corrected chi connectivity index (χ4v) is 7.49. The number of hydrogen-bond donors (Lipinski definition) is 2. The van der Waals surface area contributed by atoms with E-state index in [9.17, 15) is 9.90 Å². The minimum atomic E-state index is 0.00990. The van der Waals surface area contributed by atoms with E-state index in [1.807, 2.05) is 42.3 Å². The van der Waals surface area contributed by atoms with Crippen molar-refractivity contribution in [2.45, 2.75) is 50.9 Å². The van der Waals surface area contributed by atoms with E-state index in [0.29, 0.717) is 23.1 Å². The summed E-state index contributed by atoms with van der Waals surface area (Å²) in [5.74, 6) is 2.56. The summed E-state index contributed by atoms with van der Waals surface area (Å²) in [6, 6.07) is 20.9. The van der Waals surface area contributed by atoms with Crippen molar-refractivity contribution >= 4 is 27.8 Å². The number of carbonyl (C=O) groups excluding carboxylic acids is 1. The maximum Gasteiger partial charge on any atom is 0.254 e. The number of rotatable bonds is 7. The smallest absolute Gasteiger partial charge is 0.254 e. The predicted molar refractivity (Wildman–Crippen MR) is 168 cm³/mol. The number of likely N-dealkylation sites (tertiary alicyclic amines) is 1. The van der Waals surface area contributed by atoms with Crippen LogP contribution in [0.1, 0.15) is 41.6 Å². The molecular weight excluding hydrogens is 538 g/mol. The first-order chi connectivity index (χ1) is 20.9. The summed E-state index contributed by atoms with van der Waals surface area (Å²) in [5.41, 5.74) is 14.0. The van der Waals surface area contributed by atoms with Crippen molar-refractivity contribution in [1.29, 1.82) is 0 Å². The topological polar surface area (TPSA) is 98.5 Å². The van der Waals surface area contributed by atoms with Gasteiger partial charge in [-0.1, -0.05) is 30.3 Å². The van der Waals surface area contributed by atoms with Crippen LogP contribution in [-0.4, -0.2) is 55.8 Å². The van der Waals surface area contributed by atoms with Gasteiger partial charge in [-0.05, 0) is 84.5 Å². The zero-order chi connectivity index (χ0) is 29.4. The average Bonchev–Trinajstić information content (AvgIpc) is 3.44. The highest BCUT2D eigenvalue weighted by Crippen LogP contribution is 2.40. The van der Waals surface area contributed by atoms with E-state index in [2.05, 4.69) is 39.5 Å². The molecule has 3 heterocycles. The van der Waals surface area contributed by atoms with E-state index in [4.69, 9.17) is 15.5 Å². The maximum atomic E-state index is 13.7. The van der Waals surface area contributed by atoms with Crippen molar-refractivity contribution in [3.63, 3.8) is 0 Å². The molecule has 2 bridgehead atoms. The molecule has 3 N–H and O–H groups in total. The quantitative estimate of drug-likeness (QED) is 0.273. The molecule has 3 aliphatic rings. The number of nitrogens with two attached hydrogens (primary N) is 1. The SMILES string of the molecule is COc1cc(C(=O)N2C[C@H]3CC[C@@H]2[C@@H]3N)cc2nc(-c3cc4ccc(-c5cccc(CO)c5)cc4n3CC3CC3)n(C)c12. The Labute approximate surface area is 250 Å². The van der Waals surface area contributed by atoms with Crippen molar-refractivity contribution in [3.05, 3.63) is 71.8 Å². The summed E-state index contributed by atoms with van der Waals surface area (Å²) >= 11 is 0. The lowest BCUT2D eigenvalue weighted by Crippen LogP contribution is -2.41. The molecular formula is C35H37N5O3. The zero-order valence-electron chi connectivity index (χ0n) is 24.7. The highest BCUT2D eigenvalue weighted by Gasteiger charge is 2.47. The Morgan fingerprint density at radius 1 is 1.05 bits per heavy atom. The van der Waals surface area contributed by atoms with Gasteiger partial charge in [0.2, 0.25) is 0 Å². The van der Waals surface area contributed by atoms with Gasteiger partial charge in [-0.15, -0.1) is 0 Å². The Hall–Kier alpha value is -4.14. The van der Waals surface area contributed by atoms with Crippen molar-refractivity contribution in [2.75, 3.05) is 13.7 Å². The molecule has 1 saturated heterocycles. The number of methoxy groups -OCH3 is 1. The van der Waals surface area contributed by atoms with E-state index in [-0.39, 0.29) is 24.6 Å². The molecule has 5 aromatic rings. The fourth-order valence-electron chi connectivity index (χ4n) is 7.49. The molecule has 8 heteroatoms. The molecule has 3 atom stereocenters. The number of carbonyl (C=O) groups is 1. The Balaban J connectivity index is 1.24. The number of hydrogen-bond acceptors (Lipinski definition) is 5. The van der Waals surface area contributed by atoms with Crippen molar-refractivity contribution in [3.8, 4) is 28.4 Å². The average molecular weight is 576 g/mol. The standard InChI is InChI=1S/C35H37N5O3/c1-38-33-27(13-26(16-31(33)43-2)35(42)40-18-25-10-11-28(40)32(25)36)37-34(38)30-15-24-9-8-23(22-5-3-4-21(12-22)19-41)14-29(24)39(30)17-20-6-7-20/h3-5,8-9,12-16,20,25,28,32,41H,6-7,10-11,17-19,36H2,1-2H3/t25-,28-,32-/m1/s1. The van der Waals surface area contributed by atoms with Gasteiger partial charge in [0.1, 0.15) is 11.3 Å². The van der Waals surface area contributed by atoms with Crippen LogP contribution < -0.4 is 10.5 Å². The Morgan fingerprint density at radius 3 is 2.60 bits per heavy atom. The van der Waals surface area contributed by atoms with Crippen LogP contribution in [0.4, 0.5) is 0 Å². The van der Waals surface area contributed by atoms with Crippen molar-refractivity contribution in [2.24, 2.45) is 24.6 Å². The van der Waals surface area contributed by atoms with Crippen LogP contribution in [0.5, 0.6) is 5.75 Å². The highest BCUT2D eigenvalue weighted by atomic mass is 16.5. The number of nitrogens with zero attached hydrogens (tertiary/aromatic N) is 4. The van der Waals surface area contributed by atoms with E-state index in [1.54, 1.807) is 7.11 Å². The zero-order valence-corrected chi connectivity index (χ0v) is 24.7. The molecule has 3 fully saturated rings. The molecule has 220 valence electrons. The number of fused-ring (bicyclic) bond motifs is 4. The molecule has 0 radical (unpaired) electrons. The molecule has 8 rings (SSSR count). The minimum Gasteiger partial charge on any atom is -0.494 e. The van der Waals surface area contributed by atoms with Crippen LogP contribution in [0.2, 0.25) is 0 Å². The third-order valence-electron chi connectivity index (χ3n) is 10.0. The van der Waals surface area contributed by atoms with Gasteiger partial charge in [-0.25, -0.2) is 4.98 Å². The first kappa shape index (κ1) is 26.5. The number of piperidine rings is 1. The maximum absolute atomic E-state index is 13.7. The monoisotopic (exact) mass is 575 g/mol. The number of ether oxygens (including phenoxy) is 1. The largest absolute Gasteiger partial charge is 0.494 e. The lowest BCUT2D eigenvalue weighted by atomic mass is 10.0. The molecule has 3 aromatic carbocycles. The first-order valence-corrected chi connectivity index (χ1v) is 15.4. The molecule has 0 unspecified atom stereocenters. The van der Waals surface area contributed by atoms with Gasteiger partial charge >= 0.3 is 0 Å². The summed E-state index contributed by atoms with van der Waals surface area (Å²) in [4.78, 5) is 20.8. The fraction of sp³-hybridized carbons (Fsp3) is 0.371. The van der Waals surface area contributed by atoms with Crippen LogP contribution in [0, 0.1) is 11.8 Å². The summed E-state index contributed by atoms with van der Waals surface area (Å²) in [6.07, 6.45) is 4.56. The van der Waals surface area contributed by atoms with Gasteiger partial charge in [-0.2, -0.15) is 0 Å². The second-order valence-electron chi connectivity index (χ2n) is 12.7.